The van der Waals surface area contributed by atoms with Crippen LogP contribution >= 0.6 is 11.6 Å². The summed E-state index contributed by atoms with van der Waals surface area (Å²) in [5, 5.41) is 0. The van der Waals surface area contributed by atoms with Gasteiger partial charge in [-0.15, -0.1) is 11.6 Å². The first-order valence-electron chi connectivity index (χ1n) is 3.24. The number of hydrogen-bond donors (Lipinski definition) is 0. The summed E-state index contributed by atoms with van der Waals surface area (Å²) in [6.45, 7) is 0. The van der Waals surface area contributed by atoms with Crippen LogP contribution in [-0.4, -0.2) is 4.98 Å². The lowest BCUT2D eigenvalue weighted by Crippen LogP contribution is -2.02. The molecule has 0 atom stereocenters. The summed E-state index contributed by atoms with van der Waals surface area (Å²) in [5.74, 6) is -3.17. The Hall–Kier alpha value is -0.840. The second-order valence-electron chi connectivity index (χ2n) is 2.22. The van der Waals surface area contributed by atoms with Crippen molar-refractivity contribution in [3.8, 4) is 0 Å². The van der Waals surface area contributed by atoms with Crippen molar-refractivity contribution in [3.63, 3.8) is 0 Å². The van der Waals surface area contributed by atoms with Crippen LogP contribution < -0.4 is 0 Å². The lowest BCUT2D eigenvalue weighted by Gasteiger charge is -2.05. The Balaban J connectivity index is 3.30. The number of pyridine rings is 1. The van der Waals surface area contributed by atoms with Crippen LogP contribution in [0.25, 0.3) is 0 Å². The van der Waals surface area contributed by atoms with Crippen LogP contribution in [0.3, 0.4) is 0 Å². The molecule has 1 heterocycles. The average molecular weight is 214 g/mol. The molecule has 0 bridgehead atoms. The molecule has 1 rings (SSSR count). The van der Waals surface area contributed by atoms with Crippen molar-refractivity contribution in [2.45, 2.75) is 12.3 Å². The number of nitrogens with zero attached hydrogens (tertiary/aromatic N) is 1. The summed E-state index contributed by atoms with van der Waals surface area (Å²) in [4.78, 5) is 3.06. The Morgan fingerprint density at radius 2 is 2.00 bits per heavy atom. The number of alkyl halides is 3. The normalized spacial score (nSPS) is 10.9. The van der Waals surface area contributed by atoms with E-state index in [2.05, 4.69) is 4.98 Å². The van der Waals surface area contributed by atoms with E-state index in [1.54, 1.807) is 0 Å². The summed E-state index contributed by atoms with van der Waals surface area (Å²) in [7, 11) is 0. The van der Waals surface area contributed by atoms with Crippen LogP contribution in [0.2, 0.25) is 0 Å². The monoisotopic (exact) mass is 213 g/mol. The van der Waals surface area contributed by atoms with Gasteiger partial charge < -0.3 is 0 Å². The van der Waals surface area contributed by atoms with E-state index < -0.39 is 35.2 Å². The lowest BCUT2D eigenvalue weighted by molar-refractivity contribution is 0.144. The first-order chi connectivity index (χ1) is 6.07. The molecule has 0 aliphatic rings. The quantitative estimate of drug-likeness (QED) is 0.544. The first kappa shape index (κ1) is 10.2. The molecule has 0 spiro atoms. The van der Waals surface area contributed by atoms with Gasteiger partial charge in [-0.3, -0.25) is 4.98 Å². The predicted molar refractivity (Wildman–Crippen MR) is 38.7 cm³/mol. The van der Waals surface area contributed by atoms with Gasteiger partial charge in [0.1, 0.15) is 5.69 Å². The summed E-state index contributed by atoms with van der Waals surface area (Å²) in [5.41, 5.74) is -1.40. The molecule has 0 amide bonds. The SMILES string of the molecule is Fc1cnc(C(F)F)c(CCl)c1F. The topological polar surface area (TPSA) is 12.9 Å². The van der Waals surface area contributed by atoms with Crippen molar-refractivity contribution in [1.82, 2.24) is 4.98 Å². The maximum atomic E-state index is 12.8. The Kier molecular flexibility index (Phi) is 3.08. The highest BCUT2D eigenvalue weighted by Crippen LogP contribution is 2.25. The standard InChI is InChI=1S/C7H4ClF4N/c8-1-3-5(10)4(9)2-13-6(3)7(11)12/h2,7H,1H2. The summed E-state index contributed by atoms with van der Waals surface area (Å²) in [6.07, 6.45) is -2.55. The minimum atomic E-state index is -2.95. The van der Waals surface area contributed by atoms with Gasteiger partial charge in [0.25, 0.3) is 6.43 Å². The average Bonchev–Trinajstić information content (AvgIpc) is 2.09. The van der Waals surface area contributed by atoms with Gasteiger partial charge in [-0.05, 0) is 0 Å². The molecule has 1 nitrogen and oxygen atoms in total. The van der Waals surface area contributed by atoms with Gasteiger partial charge in [0.05, 0.1) is 12.1 Å². The van der Waals surface area contributed by atoms with E-state index in [1.165, 1.54) is 0 Å². The Morgan fingerprint density at radius 1 is 1.38 bits per heavy atom. The molecule has 0 radical (unpaired) electrons. The minimum Gasteiger partial charge on any atom is -0.252 e. The Morgan fingerprint density at radius 3 is 2.46 bits per heavy atom. The maximum absolute atomic E-state index is 12.8. The first-order valence-corrected chi connectivity index (χ1v) is 3.78. The number of aromatic nitrogens is 1. The van der Waals surface area contributed by atoms with Gasteiger partial charge in [-0.25, -0.2) is 17.6 Å². The highest BCUT2D eigenvalue weighted by atomic mass is 35.5. The van der Waals surface area contributed by atoms with Gasteiger partial charge in [0.15, 0.2) is 11.6 Å². The highest BCUT2D eigenvalue weighted by Gasteiger charge is 2.20. The van der Waals surface area contributed by atoms with Gasteiger partial charge >= 0.3 is 0 Å². The highest BCUT2D eigenvalue weighted by molar-refractivity contribution is 6.17. The fourth-order valence-electron chi connectivity index (χ4n) is 0.833. The van der Waals surface area contributed by atoms with Crippen molar-refractivity contribution >= 4 is 11.6 Å². The zero-order chi connectivity index (χ0) is 10.0. The van der Waals surface area contributed by atoms with Crippen LogP contribution in [0.15, 0.2) is 6.20 Å². The molecule has 0 fully saturated rings. The van der Waals surface area contributed by atoms with Crippen molar-refractivity contribution in [2.75, 3.05) is 0 Å². The predicted octanol–water partition coefficient (Wildman–Crippen LogP) is 3.04. The van der Waals surface area contributed by atoms with Crippen molar-refractivity contribution in [3.05, 3.63) is 29.1 Å². The number of hydrogen-bond acceptors (Lipinski definition) is 1. The minimum absolute atomic E-state index is 0.410. The zero-order valence-electron chi connectivity index (χ0n) is 6.20. The van der Waals surface area contributed by atoms with Crippen LogP contribution in [0.1, 0.15) is 17.7 Å². The van der Waals surface area contributed by atoms with Gasteiger partial charge in [0, 0.05) is 5.56 Å². The summed E-state index contributed by atoms with van der Waals surface area (Å²) < 4.78 is 49.5. The molecule has 72 valence electrons. The Bertz CT molecular complexity index is 316. The molecule has 13 heavy (non-hydrogen) atoms. The van der Waals surface area contributed by atoms with Crippen molar-refractivity contribution in [2.24, 2.45) is 0 Å². The molecule has 0 saturated carbocycles. The van der Waals surface area contributed by atoms with Gasteiger partial charge in [0.2, 0.25) is 0 Å². The zero-order valence-corrected chi connectivity index (χ0v) is 6.95. The summed E-state index contributed by atoms with van der Waals surface area (Å²) >= 11 is 5.17. The Labute approximate surface area is 76.3 Å². The molecule has 0 unspecified atom stereocenters. The molecule has 0 N–H and O–H groups in total. The molecule has 1 aromatic heterocycles. The van der Waals surface area contributed by atoms with E-state index in [4.69, 9.17) is 11.6 Å². The van der Waals surface area contributed by atoms with E-state index in [0.717, 1.165) is 0 Å². The molecule has 0 saturated heterocycles. The molecule has 0 aliphatic carbocycles. The third-order valence-electron chi connectivity index (χ3n) is 1.44. The molecule has 6 heteroatoms. The maximum Gasteiger partial charge on any atom is 0.280 e. The smallest absolute Gasteiger partial charge is 0.252 e. The number of rotatable bonds is 2. The third-order valence-corrected chi connectivity index (χ3v) is 1.71. The second-order valence-corrected chi connectivity index (χ2v) is 2.49. The van der Waals surface area contributed by atoms with E-state index in [9.17, 15) is 17.6 Å². The van der Waals surface area contributed by atoms with Crippen LogP contribution in [0, 0.1) is 11.6 Å². The molecule has 0 aromatic carbocycles. The molecular formula is C7H4ClF4N. The van der Waals surface area contributed by atoms with E-state index >= 15 is 0 Å². The third kappa shape index (κ3) is 1.91. The fourth-order valence-corrected chi connectivity index (χ4v) is 1.09. The van der Waals surface area contributed by atoms with Crippen LogP contribution in [0.4, 0.5) is 17.6 Å². The van der Waals surface area contributed by atoms with Crippen LogP contribution in [-0.2, 0) is 5.88 Å². The lowest BCUT2D eigenvalue weighted by atomic mass is 10.2. The summed E-state index contributed by atoms with van der Waals surface area (Å²) in [6, 6.07) is 0. The van der Waals surface area contributed by atoms with E-state index in [1.807, 2.05) is 0 Å². The molecular weight excluding hydrogens is 210 g/mol. The van der Waals surface area contributed by atoms with E-state index in [0.29, 0.717) is 6.20 Å². The van der Waals surface area contributed by atoms with Gasteiger partial charge in [-0.2, -0.15) is 0 Å². The largest absolute Gasteiger partial charge is 0.280 e. The molecule has 1 aromatic rings. The van der Waals surface area contributed by atoms with Crippen molar-refractivity contribution in [1.29, 1.82) is 0 Å². The van der Waals surface area contributed by atoms with E-state index in [-0.39, 0.29) is 0 Å². The molecule has 0 aliphatic heterocycles. The van der Waals surface area contributed by atoms with Crippen molar-refractivity contribution < 1.29 is 17.6 Å². The van der Waals surface area contributed by atoms with Gasteiger partial charge in [-0.1, -0.05) is 0 Å². The fraction of sp³-hybridized carbons (Fsp3) is 0.286. The number of halogens is 5. The second kappa shape index (κ2) is 3.91. The van der Waals surface area contributed by atoms with Crippen LogP contribution in [0.5, 0.6) is 0 Å².